The van der Waals surface area contributed by atoms with Crippen LogP contribution in [0.2, 0.25) is 0 Å². The Morgan fingerprint density at radius 3 is 2.65 bits per heavy atom. The first-order chi connectivity index (χ1) is 8.04. The van der Waals surface area contributed by atoms with Gasteiger partial charge in [-0.05, 0) is 50.7 Å². The smallest absolute Gasteiger partial charge is 0.344 e. The molecule has 0 saturated carbocycles. The molecule has 94 valence electrons. The molecule has 2 N–H and O–H groups in total. The second kappa shape index (κ2) is 6.25. The van der Waals surface area contributed by atoms with Crippen LogP contribution in [0.15, 0.2) is 18.2 Å². The lowest BCUT2D eigenvalue weighted by Crippen LogP contribution is -2.30. The van der Waals surface area contributed by atoms with Crippen LogP contribution in [0.5, 0.6) is 5.75 Å². The third-order valence-electron chi connectivity index (χ3n) is 2.69. The number of aryl methyl sites for hydroxylation is 2. The molecule has 1 atom stereocenters. The van der Waals surface area contributed by atoms with E-state index >= 15 is 0 Å². The first-order valence-electron chi connectivity index (χ1n) is 5.66. The highest BCUT2D eigenvalue weighted by Gasteiger charge is 2.18. The van der Waals surface area contributed by atoms with E-state index in [0.29, 0.717) is 18.7 Å². The average molecular weight is 237 g/mol. The fraction of sp³-hybridized carbons (Fsp3) is 0.462. The number of aliphatic carboxylic acids is 1. The molecule has 4 nitrogen and oxygen atoms in total. The Bertz CT molecular complexity index is 390. The Morgan fingerprint density at radius 2 is 2.12 bits per heavy atom. The molecule has 1 unspecified atom stereocenters. The van der Waals surface area contributed by atoms with Crippen molar-refractivity contribution in [3.05, 3.63) is 29.3 Å². The van der Waals surface area contributed by atoms with Gasteiger partial charge in [0.2, 0.25) is 0 Å². The Hall–Kier alpha value is -1.55. The van der Waals surface area contributed by atoms with Gasteiger partial charge in [-0.15, -0.1) is 0 Å². The van der Waals surface area contributed by atoms with Gasteiger partial charge in [-0.1, -0.05) is 6.07 Å². The van der Waals surface area contributed by atoms with Gasteiger partial charge >= 0.3 is 5.97 Å². The molecule has 17 heavy (non-hydrogen) atoms. The van der Waals surface area contributed by atoms with Gasteiger partial charge < -0.3 is 15.2 Å². The van der Waals surface area contributed by atoms with Crippen molar-refractivity contribution in [2.24, 2.45) is 0 Å². The molecule has 1 aromatic rings. The van der Waals surface area contributed by atoms with Gasteiger partial charge in [-0.3, -0.25) is 0 Å². The number of nitrogens with one attached hydrogen (secondary N) is 1. The van der Waals surface area contributed by atoms with Crippen molar-refractivity contribution < 1.29 is 14.6 Å². The van der Waals surface area contributed by atoms with E-state index in [9.17, 15) is 4.79 Å². The molecule has 0 amide bonds. The number of hydrogen-bond acceptors (Lipinski definition) is 3. The predicted molar refractivity (Wildman–Crippen MR) is 66.5 cm³/mol. The summed E-state index contributed by atoms with van der Waals surface area (Å²) in [6.07, 6.45) is -0.358. The normalized spacial score (nSPS) is 12.2. The van der Waals surface area contributed by atoms with E-state index in [2.05, 4.69) is 5.32 Å². The number of rotatable bonds is 6. The van der Waals surface area contributed by atoms with Crippen LogP contribution < -0.4 is 10.1 Å². The number of benzene rings is 1. The summed E-state index contributed by atoms with van der Waals surface area (Å²) in [7, 11) is 1.79. The average Bonchev–Trinajstić information content (AvgIpc) is 2.28. The Morgan fingerprint density at radius 1 is 1.41 bits per heavy atom. The molecule has 0 heterocycles. The molecule has 1 rings (SSSR count). The van der Waals surface area contributed by atoms with Crippen LogP contribution in [0.1, 0.15) is 17.5 Å². The largest absolute Gasteiger partial charge is 0.479 e. The summed E-state index contributed by atoms with van der Waals surface area (Å²) < 4.78 is 5.47. The second-order valence-electron chi connectivity index (χ2n) is 4.08. The maximum Gasteiger partial charge on any atom is 0.344 e. The number of carbonyl (C=O) groups is 1. The monoisotopic (exact) mass is 237 g/mol. The third kappa shape index (κ3) is 4.07. The predicted octanol–water partition coefficient (Wildman–Crippen LogP) is 1.74. The van der Waals surface area contributed by atoms with Crippen molar-refractivity contribution in [2.45, 2.75) is 26.4 Å². The zero-order valence-corrected chi connectivity index (χ0v) is 10.5. The van der Waals surface area contributed by atoms with E-state index in [1.807, 2.05) is 26.0 Å². The van der Waals surface area contributed by atoms with Crippen LogP contribution in [0.25, 0.3) is 0 Å². The molecule has 0 aliphatic carbocycles. The number of ether oxygens (including phenoxy) is 1. The maximum absolute atomic E-state index is 11.0. The highest BCUT2D eigenvalue weighted by atomic mass is 16.5. The lowest BCUT2D eigenvalue weighted by molar-refractivity contribution is -0.145. The van der Waals surface area contributed by atoms with Crippen molar-refractivity contribution in [1.82, 2.24) is 5.32 Å². The second-order valence-corrected chi connectivity index (χ2v) is 4.08. The Balaban J connectivity index is 2.71. The SMILES string of the molecule is CNCCC(Oc1ccc(C)c(C)c1)C(=O)O. The Kier molecular flexibility index (Phi) is 4.97. The molecule has 0 aliphatic heterocycles. The first-order valence-corrected chi connectivity index (χ1v) is 5.66. The van der Waals surface area contributed by atoms with Crippen molar-refractivity contribution in [2.75, 3.05) is 13.6 Å². The van der Waals surface area contributed by atoms with Crippen LogP contribution in [-0.2, 0) is 4.79 Å². The van der Waals surface area contributed by atoms with E-state index in [1.165, 1.54) is 5.56 Å². The van der Waals surface area contributed by atoms with Crippen LogP contribution in [0, 0.1) is 13.8 Å². The molecular weight excluding hydrogens is 218 g/mol. The van der Waals surface area contributed by atoms with Crippen molar-refractivity contribution in [3.8, 4) is 5.75 Å². The van der Waals surface area contributed by atoms with Gasteiger partial charge in [0.25, 0.3) is 0 Å². The summed E-state index contributed by atoms with van der Waals surface area (Å²) in [5.74, 6) is -0.324. The fourth-order valence-corrected chi connectivity index (χ4v) is 1.46. The quantitative estimate of drug-likeness (QED) is 0.791. The van der Waals surface area contributed by atoms with E-state index < -0.39 is 12.1 Å². The maximum atomic E-state index is 11.0. The van der Waals surface area contributed by atoms with Gasteiger partial charge in [0.05, 0.1) is 0 Å². The van der Waals surface area contributed by atoms with Crippen LogP contribution >= 0.6 is 0 Å². The number of carboxylic acids is 1. The third-order valence-corrected chi connectivity index (χ3v) is 2.69. The van der Waals surface area contributed by atoms with E-state index in [1.54, 1.807) is 13.1 Å². The van der Waals surface area contributed by atoms with Gasteiger partial charge in [0.15, 0.2) is 6.10 Å². The molecular formula is C13H19NO3. The van der Waals surface area contributed by atoms with Crippen molar-refractivity contribution in [3.63, 3.8) is 0 Å². The molecule has 0 spiro atoms. The summed E-state index contributed by atoms with van der Waals surface area (Å²) in [6.45, 7) is 4.60. The minimum Gasteiger partial charge on any atom is -0.479 e. The topological polar surface area (TPSA) is 58.6 Å². The van der Waals surface area contributed by atoms with Crippen molar-refractivity contribution in [1.29, 1.82) is 0 Å². The highest BCUT2D eigenvalue weighted by molar-refractivity contribution is 5.72. The minimum absolute atomic E-state index is 0.443. The summed E-state index contributed by atoms with van der Waals surface area (Å²) in [4.78, 5) is 11.0. The molecule has 0 aliphatic rings. The number of carboxylic acid groups (broad SMARTS) is 1. The van der Waals surface area contributed by atoms with E-state index in [0.717, 1.165) is 5.56 Å². The molecule has 1 aromatic carbocycles. The zero-order chi connectivity index (χ0) is 12.8. The lowest BCUT2D eigenvalue weighted by Gasteiger charge is -2.15. The minimum atomic E-state index is -0.932. The van der Waals surface area contributed by atoms with Gasteiger partial charge in [0, 0.05) is 6.42 Å². The molecule has 0 aromatic heterocycles. The molecule has 0 radical (unpaired) electrons. The molecule has 4 heteroatoms. The van der Waals surface area contributed by atoms with Crippen LogP contribution in [0.3, 0.4) is 0 Å². The first kappa shape index (κ1) is 13.5. The van der Waals surface area contributed by atoms with Gasteiger partial charge in [-0.2, -0.15) is 0 Å². The summed E-state index contributed by atoms with van der Waals surface area (Å²) in [6, 6.07) is 5.60. The van der Waals surface area contributed by atoms with Gasteiger partial charge in [-0.25, -0.2) is 4.79 Å². The van der Waals surface area contributed by atoms with Gasteiger partial charge in [0.1, 0.15) is 5.75 Å². The highest BCUT2D eigenvalue weighted by Crippen LogP contribution is 2.18. The fourth-order valence-electron chi connectivity index (χ4n) is 1.46. The van der Waals surface area contributed by atoms with Crippen molar-refractivity contribution >= 4 is 5.97 Å². The van der Waals surface area contributed by atoms with E-state index in [-0.39, 0.29) is 0 Å². The lowest BCUT2D eigenvalue weighted by atomic mass is 10.1. The molecule has 0 saturated heterocycles. The van der Waals surface area contributed by atoms with Crippen LogP contribution in [-0.4, -0.2) is 30.8 Å². The number of hydrogen-bond donors (Lipinski definition) is 2. The summed E-state index contributed by atoms with van der Waals surface area (Å²) in [5, 5.41) is 11.9. The summed E-state index contributed by atoms with van der Waals surface area (Å²) >= 11 is 0. The Labute approximate surface area is 102 Å². The molecule has 0 fully saturated rings. The molecule has 0 bridgehead atoms. The zero-order valence-electron chi connectivity index (χ0n) is 10.5. The summed E-state index contributed by atoms with van der Waals surface area (Å²) in [5.41, 5.74) is 2.26. The van der Waals surface area contributed by atoms with Crippen LogP contribution in [0.4, 0.5) is 0 Å². The standard InChI is InChI=1S/C13H19NO3/c1-9-4-5-11(8-10(9)2)17-12(13(15)16)6-7-14-3/h4-5,8,12,14H,6-7H2,1-3H3,(H,15,16). The van der Waals surface area contributed by atoms with E-state index in [4.69, 9.17) is 9.84 Å².